The van der Waals surface area contributed by atoms with Gasteiger partial charge in [0, 0.05) is 19.7 Å². The van der Waals surface area contributed by atoms with E-state index >= 15 is 0 Å². The molecule has 1 amide bonds. The summed E-state index contributed by atoms with van der Waals surface area (Å²) in [6, 6.07) is 0. The number of likely N-dealkylation sites (tertiary alicyclic amines) is 1. The molecule has 110 valence electrons. The third kappa shape index (κ3) is 3.61. The first-order valence-electron chi connectivity index (χ1n) is 7.43. The van der Waals surface area contributed by atoms with Gasteiger partial charge in [-0.1, -0.05) is 0 Å². The first-order chi connectivity index (χ1) is 8.83. The van der Waals surface area contributed by atoms with Gasteiger partial charge in [-0.15, -0.1) is 12.4 Å². The molecule has 3 rings (SSSR count). The van der Waals surface area contributed by atoms with Crippen molar-refractivity contribution in [3.05, 3.63) is 0 Å². The topological polar surface area (TPSA) is 41.6 Å². The highest BCUT2D eigenvalue weighted by atomic mass is 35.5. The fourth-order valence-corrected chi connectivity index (χ4v) is 3.60. The molecule has 5 heteroatoms. The fourth-order valence-electron chi connectivity index (χ4n) is 3.60. The van der Waals surface area contributed by atoms with Crippen LogP contribution in [0.2, 0.25) is 0 Å². The van der Waals surface area contributed by atoms with E-state index in [2.05, 4.69) is 10.2 Å². The summed E-state index contributed by atoms with van der Waals surface area (Å²) >= 11 is 0. The largest absolute Gasteiger partial charge is 0.378 e. The van der Waals surface area contributed by atoms with Gasteiger partial charge < -0.3 is 15.0 Å². The van der Waals surface area contributed by atoms with Gasteiger partial charge in [0.05, 0.1) is 12.5 Å². The molecule has 1 unspecified atom stereocenters. The number of carbonyl (C=O) groups excluding carboxylic acids is 1. The van der Waals surface area contributed by atoms with E-state index in [0.717, 1.165) is 57.5 Å². The zero-order chi connectivity index (χ0) is 12.4. The number of ether oxygens (including phenoxy) is 1. The second kappa shape index (κ2) is 6.91. The summed E-state index contributed by atoms with van der Waals surface area (Å²) in [6.07, 6.45) is 5.34. The lowest BCUT2D eigenvalue weighted by atomic mass is 9.92. The van der Waals surface area contributed by atoms with Crippen LogP contribution in [0.3, 0.4) is 0 Å². The van der Waals surface area contributed by atoms with Crippen LogP contribution >= 0.6 is 12.4 Å². The molecule has 3 aliphatic rings. The standard InChI is InChI=1S/C14H24N2O2.ClH/c17-14(8-13-2-1-7-18-13)16-5-3-11-9-15-10-12(11)4-6-16;/h11-13,15H,1-10H2;1H/t11-,12+,13?;. The Morgan fingerprint density at radius 1 is 1.16 bits per heavy atom. The molecule has 0 spiro atoms. The Bertz CT molecular complexity index is 294. The number of carbonyl (C=O) groups is 1. The quantitative estimate of drug-likeness (QED) is 0.836. The van der Waals surface area contributed by atoms with Gasteiger partial charge in [0.1, 0.15) is 0 Å². The lowest BCUT2D eigenvalue weighted by Crippen LogP contribution is -2.34. The molecule has 3 aliphatic heterocycles. The highest BCUT2D eigenvalue weighted by molar-refractivity contribution is 5.85. The molecular formula is C14H25ClN2O2. The summed E-state index contributed by atoms with van der Waals surface area (Å²) < 4.78 is 5.56. The molecular weight excluding hydrogens is 264 g/mol. The van der Waals surface area contributed by atoms with Crippen LogP contribution in [-0.4, -0.2) is 49.7 Å². The molecule has 0 aromatic heterocycles. The Morgan fingerprint density at radius 2 is 1.84 bits per heavy atom. The van der Waals surface area contributed by atoms with Gasteiger partial charge in [0.15, 0.2) is 0 Å². The third-order valence-corrected chi connectivity index (χ3v) is 4.80. The van der Waals surface area contributed by atoms with Crippen molar-refractivity contribution in [2.75, 3.05) is 32.8 Å². The van der Waals surface area contributed by atoms with E-state index < -0.39 is 0 Å². The number of fused-ring (bicyclic) bond motifs is 1. The average molecular weight is 289 g/mol. The Balaban J connectivity index is 0.00000133. The van der Waals surface area contributed by atoms with Crippen molar-refractivity contribution in [1.29, 1.82) is 0 Å². The maximum absolute atomic E-state index is 12.3. The van der Waals surface area contributed by atoms with E-state index in [0.29, 0.717) is 12.3 Å². The van der Waals surface area contributed by atoms with E-state index in [1.54, 1.807) is 0 Å². The summed E-state index contributed by atoms with van der Waals surface area (Å²) in [5.41, 5.74) is 0. The molecule has 3 atom stereocenters. The lowest BCUT2D eigenvalue weighted by molar-refractivity contribution is -0.133. The SMILES string of the molecule is Cl.O=C(CC1CCCO1)N1CC[C@@H]2CNC[C@@H]2CC1. The first-order valence-corrected chi connectivity index (χ1v) is 7.43. The highest BCUT2D eigenvalue weighted by Gasteiger charge is 2.32. The number of nitrogens with zero attached hydrogens (tertiary/aromatic N) is 1. The fraction of sp³-hybridized carbons (Fsp3) is 0.929. The van der Waals surface area contributed by atoms with Crippen LogP contribution in [0.5, 0.6) is 0 Å². The van der Waals surface area contributed by atoms with Gasteiger partial charge in [0.2, 0.25) is 5.91 Å². The van der Waals surface area contributed by atoms with Crippen LogP contribution < -0.4 is 5.32 Å². The minimum absolute atomic E-state index is 0. The second-order valence-electron chi connectivity index (χ2n) is 5.98. The van der Waals surface area contributed by atoms with Crippen molar-refractivity contribution in [1.82, 2.24) is 10.2 Å². The van der Waals surface area contributed by atoms with Crippen LogP contribution in [-0.2, 0) is 9.53 Å². The molecule has 0 bridgehead atoms. The highest BCUT2D eigenvalue weighted by Crippen LogP contribution is 2.27. The smallest absolute Gasteiger partial charge is 0.225 e. The van der Waals surface area contributed by atoms with Gasteiger partial charge in [-0.2, -0.15) is 0 Å². The number of hydrogen-bond acceptors (Lipinski definition) is 3. The molecule has 19 heavy (non-hydrogen) atoms. The predicted octanol–water partition coefficient (Wildman–Crippen LogP) is 1.44. The summed E-state index contributed by atoms with van der Waals surface area (Å²) in [5, 5.41) is 3.47. The summed E-state index contributed by atoms with van der Waals surface area (Å²) in [5.74, 6) is 1.91. The molecule has 3 heterocycles. The van der Waals surface area contributed by atoms with Crippen molar-refractivity contribution >= 4 is 18.3 Å². The van der Waals surface area contributed by atoms with Crippen molar-refractivity contribution in [3.8, 4) is 0 Å². The Kier molecular flexibility index (Phi) is 5.48. The van der Waals surface area contributed by atoms with Gasteiger partial charge in [-0.25, -0.2) is 0 Å². The van der Waals surface area contributed by atoms with Gasteiger partial charge >= 0.3 is 0 Å². The minimum atomic E-state index is 0. The molecule has 0 radical (unpaired) electrons. The van der Waals surface area contributed by atoms with Gasteiger partial charge in [-0.3, -0.25) is 4.79 Å². The Morgan fingerprint density at radius 3 is 2.42 bits per heavy atom. The predicted molar refractivity (Wildman–Crippen MR) is 76.5 cm³/mol. The van der Waals surface area contributed by atoms with Crippen molar-refractivity contribution in [2.24, 2.45) is 11.8 Å². The Hall–Kier alpha value is -0.320. The van der Waals surface area contributed by atoms with Crippen molar-refractivity contribution in [3.63, 3.8) is 0 Å². The van der Waals surface area contributed by atoms with Crippen molar-refractivity contribution in [2.45, 2.75) is 38.2 Å². The van der Waals surface area contributed by atoms with Crippen LogP contribution in [0, 0.1) is 11.8 Å². The minimum Gasteiger partial charge on any atom is -0.378 e. The van der Waals surface area contributed by atoms with Crippen LogP contribution in [0.1, 0.15) is 32.1 Å². The average Bonchev–Trinajstić information content (AvgIpc) is 2.98. The molecule has 4 nitrogen and oxygen atoms in total. The zero-order valence-corrected chi connectivity index (χ0v) is 12.3. The zero-order valence-electron chi connectivity index (χ0n) is 11.5. The molecule has 1 N–H and O–H groups in total. The normalized spacial score (nSPS) is 34.5. The van der Waals surface area contributed by atoms with E-state index in [4.69, 9.17) is 4.74 Å². The van der Waals surface area contributed by atoms with E-state index in [1.807, 2.05) is 0 Å². The molecule has 3 saturated heterocycles. The van der Waals surface area contributed by atoms with E-state index in [-0.39, 0.29) is 18.5 Å². The number of amides is 1. The summed E-state index contributed by atoms with van der Waals surface area (Å²) in [6.45, 7) is 5.05. The van der Waals surface area contributed by atoms with Gasteiger partial charge in [0.25, 0.3) is 0 Å². The van der Waals surface area contributed by atoms with Crippen LogP contribution in [0.25, 0.3) is 0 Å². The monoisotopic (exact) mass is 288 g/mol. The van der Waals surface area contributed by atoms with Gasteiger partial charge in [-0.05, 0) is 50.6 Å². The van der Waals surface area contributed by atoms with E-state index in [1.165, 1.54) is 12.8 Å². The third-order valence-electron chi connectivity index (χ3n) is 4.80. The number of hydrogen-bond donors (Lipinski definition) is 1. The maximum atomic E-state index is 12.3. The number of rotatable bonds is 2. The first kappa shape index (κ1) is 15.1. The number of halogens is 1. The second-order valence-corrected chi connectivity index (χ2v) is 5.98. The summed E-state index contributed by atoms with van der Waals surface area (Å²) in [4.78, 5) is 14.3. The maximum Gasteiger partial charge on any atom is 0.225 e. The molecule has 0 aromatic carbocycles. The van der Waals surface area contributed by atoms with Crippen molar-refractivity contribution < 1.29 is 9.53 Å². The summed E-state index contributed by atoms with van der Waals surface area (Å²) in [7, 11) is 0. The molecule has 3 fully saturated rings. The lowest BCUT2D eigenvalue weighted by Gasteiger charge is -2.22. The molecule has 0 aliphatic carbocycles. The van der Waals surface area contributed by atoms with E-state index in [9.17, 15) is 4.79 Å². The van der Waals surface area contributed by atoms with Crippen LogP contribution in [0.4, 0.5) is 0 Å². The van der Waals surface area contributed by atoms with Crippen LogP contribution in [0.15, 0.2) is 0 Å². The molecule has 0 saturated carbocycles. The Labute approximate surface area is 121 Å². The molecule has 0 aromatic rings. The number of nitrogens with one attached hydrogen (secondary N) is 1.